The first-order valence-electron chi connectivity index (χ1n) is 6.70. The largest absolute Gasteiger partial charge is 0.416 e. The third kappa shape index (κ3) is 3.66. The van der Waals surface area contributed by atoms with Crippen LogP contribution in [0.3, 0.4) is 0 Å². The average Bonchev–Trinajstić information content (AvgIpc) is 2.80. The lowest BCUT2D eigenvalue weighted by molar-refractivity contribution is -0.137. The number of hydrogen-bond donors (Lipinski definition) is 0. The number of nitrogens with zero attached hydrogens (tertiary/aromatic N) is 2. The van der Waals surface area contributed by atoms with Gasteiger partial charge in [-0.1, -0.05) is 19.1 Å². The van der Waals surface area contributed by atoms with Gasteiger partial charge in [-0.05, 0) is 17.7 Å². The molecule has 0 fully saturated rings. The Labute approximate surface area is 125 Å². The van der Waals surface area contributed by atoms with Gasteiger partial charge in [0.2, 0.25) is 5.88 Å². The Morgan fingerprint density at radius 3 is 2.41 bits per heavy atom. The average molecular weight is 312 g/mol. The van der Waals surface area contributed by atoms with Crippen LogP contribution in [0, 0.1) is 0 Å². The number of aromatic nitrogens is 2. The van der Waals surface area contributed by atoms with Crippen molar-refractivity contribution in [2.75, 3.05) is 0 Å². The minimum atomic E-state index is -4.36. The van der Waals surface area contributed by atoms with Crippen molar-refractivity contribution < 1.29 is 22.7 Å². The summed E-state index contributed by atoms with van der Waals surface area (Å²) in [6.45, 7) is 3.45. The number of benzene rings is 1. The van der Waals surface area contributed by atoms with Gasteiger partial charge in [-0.15, -0.1) is 0 Å². The van der Waals surface area contributed by atoms with Gasteiger partial charge in [-0.2, -0.15) is 13.2 Å². The van der Waals surface area contributed by atoms with Crippen molar-refractivity contribution in [3.63, 3.8) is 0 Å². The first-order valence-corrected chi connectivity index (χ1v) is 6.70. The molecule has 0 spiro atoms. The van der Waals surface area contributed by atoms with Crippen molar-refractivity contribution in [2.24, 2.45) is 0 Å². The fraction of sp³-hybridized carbons (Fsp3) is 0.333. The summed E-state index contributed by atoms with van der Waals surface area (Å²) in [6, 6.07) is 4.87. The van der Waals surface area contributed by atoms with E-state index in [4.69, 9.17) is 4.74 Å². The molecule has 0 N–H and O–H groups in total. The standard InChI is InChI=1S/C15H15F3N2O2/c1-3-13-19-8-14(22-10(2)21)20(13)9-11-4-6-12(7-5-11)15(16,17)18/h4-8H,3,9H2,1-2H3. The summed E-state index contributed by atoms with van der Waals surface area (Å²) in [4.78, 5) is 15.2. The highest BCUT2D eigenvalue weighted by Crippen LogP contribution is 2.29. The van der Waals surface area contributed by atoms with Crippen LogP contribution >= 0.6 is 0 Å². The lowest BCUT2D eigenvalue weighted by Crippen LogP contribution is -2.11. The molecule has 2 rings (SSSR count). The van der Waals surface area contributed by atoms with E-state index in [9.17, 15) is 18.0 Å². The van der Waals surface area contributed by atoms with E-state index in [0.717, 1.165) is 12.1 Å². The van der Waals surface area contributed by atoms with E-state index in [0.29, 0.717) is 17.8 Å². The molecule has 0 bridgehead atoms. The predicted octanol–water partition coefficient (Wildman–Crippen LogP) is 3.44. The molecule has 0 radical (unpaired) electrons. The number of esters is 1. The Kier molecular flexibility index (Phi) is 4.54. The molecule has 22 heavy (non-hydrogen) atoms. The zero-order valence-corrected chi connectivity index (χ0v) is 12.1. The number of hydrogen-bond acceptors (Lipinski definition) is 3. The molecule has 0 aliphatic rings. The molecule has 0 saturated heterocycles. The molecule has 1 aromatic carbocycles. The minimum Gasteiger partial charge on any atom is -0.408 e. The van der Waals surface area contributed by atoms with Crippen LogP contribution in [0.2, 0.25) is 0 Å². The highest BCUT2D eigenvalue weighted by Gasteiger charge is 2.29. The van der Waals surface area contributed by atoms with E-state index in [-0.39, 0.29) is 12.4 Å². The maximum absolute atomic E-state index is 12.6. The molecule has 0 saturated carbocycles. The van der Waals surface area contributed by atoms with Gasteiger partial charge in [0.15, 0.2) is 0 Å². The van der Waals surface area contributed by atoms with Gasteiger partial charge in [-0.3, -0.25) is 9.36 Å². The fourth-order valence-corrected chi connectivity index (χ4v) is 2.06. The molecule has 7 heteroatoms. The van der Waals surface area contributed by atoms with Gasteiger partial charge in [0.05, 0.1) is 18.3 Å². The summed E-state index contributed by atoms with van der Waals surface area (Å²) in [7, 11) is 0. The van der Waals surface area contributed by atoms with Gasteiger partial charge in [0.25, 0.3) is 0 Å². The number of imidazole rings is 1. The summed E-state index contributed by atoms with van der Waals surface area (Å²) in [5.41, 5.74) is -0.0353. The monoisotopic (exact) mass is 312 g/mol. The molecular weight excluding hydrogens is 297 g/mol. The first kappa shape index (κ1) is 16.1. The van der Waals surface area contributed by atoms with Crippen LogP contribution in [0.4, 0.5) is 13.2 Å². The molecule has 0 unspecified atom stereocenters. The minimum absolute atomic E-state index is 0.282. The highest BCUT2D eigenvalue weighted by atomic mass is 19.4. The number of carbonyl (C=O) groups is 1. The van der Waals surface area contributed by atoms with E-state index in [1.807, 2.05) is 6.92 Å². The molecule has 0 aliphatic heterocycles. The topological polar surface area (TPSA) is 44.1 Å². The predicted molar refractivity (Wildman–Crippen MR) is 73.5 cm³/mol. The first-order chi connectivity index (χ1) is 10.3. The molecule has 1 aromatic heterocycles. The van der Waals surface area contributed by atoms with Crippen molar-refractivity contribution in [1.82, 2.24) is 9.55 Å². The summed E-state index contributed by atoms with van der Waals surface area (Å²) < 4.78 is 44.4. The Hall–Kier alpha value is -2.31. The summed E-state index contributed by atoms with van der Waals surface area (Å²) >= 11 is 0. The number of alkyl halides is 3. The summed E-state index contributed by atoms with van der Waals surface area (Å²) in [6.07, 6.45) is -2.31. The second kappa shape index (κ2) is 6.21. The second-order valence-electron chi connectivity index (χ2n) is 4.74. The molecule has 4 nitrogen and oxygen atoms in total. The quantitative estimate of drug-likeness (QED) is 0.812. The summed E-state index contributed by atoms with van der Waals surface area (Å²) in [5, 5.41) is 0. The van der Waals surface area contributed by atoms with E-state index in [1.54, 1.807) is 4.57 Å². The third-order valence-electron chi connectivity index (χ3n) is 3.09. The Morgan fingerprint density at radius 1 is 1.27 bits per heavy atom. The van der Waals surface area contributed by atoms with Crippen molar-refractivity contribution >= 4 is 5.97 Å². The Morgan fingerprint density at radius 2 is 1.91 bits per heavy atom. The fourth-order valence-electron chi connectivity index (χ4n) is 2.06. The summed E-state index contributed by atoms with van der Waals surface area (Å²) in [5.74, 6) is 0.497. The van der Waals surface area contributed by atoms with Crippen molar-refractivity contribution in [1.29, 1.82) is 0 Å². The second-order valence-corrected chi connectivity index (χ2v) is 4.74. The van der Waals surface area contributed by atoms with E-state index in [1.165, 1.54) is 25.3 Å². The zero-order chi connectivity index (χ0) is 16.3. The van der Waals surface area contributed by atoms with E-state index in [2.05, 4.69) is 4.98 Å². The number of aryl methyl sites for hydroxylation is 1. The van der Waals surface area contributed by atoms with Crippen molar-refractivity contribution in [3.8, 4) is 5.88 Å². The molecule has 0 aliphatic carbocycles. The van der Waals surface area contributed by atoms with Crippen LogP contribution in [0.15, 0.2) is 30.5 Å². The van der Waals surface area contributed by atoms with E-state index < -0.39 is 17.7 Å². The molecular formula is C15H15F3N2O2. The molecule has 118 valence electrons. The number of ether oxygens (including phenoxy) is 1. The van der Waals surface area contributed by atoms with Crippen LogP contribution in [0.25, 0.3) is 0 Å². The Balaban J connectivity index is 2.26. The molecule has 0 amide bonds. The zero-order valence-electron chi connectivity index (χ0n) is 12.1. The van der Waals surface area contributed by atoms with Crippen LogP contribution < -0.4 is 4.74 Å². The van der Waals surface area contributed by atoms with Crippen LogP contribution in [0.5, 0.6) is 5.88 Å². The SMILES string of the molecule is CCc1ncc(OC(C)=O)n1Cc1ccc(C(F)(F)F)cc1. The van der Waals surface area contributed by atoms with Crippen LogP contribution in [-0.4, -0.2) is 15.5 Å². The van der Waals surface area contributed by atoms with Crippen LogP contribution in [-0.2, 0) is 23.9 Å². The van der Waals surface area contributed by atoms with Gasteiger partial charge in [0, 0.05) is 13.3 Å². The van der Waals surface area contributed by atoms with E-state index >= 15 is 0 Å². The van der Waals surface area contributed by atoms with Crippen LogP contribution in [0.1, 0.15) is 30.8 Å². The van der Waals surface area contributed by atoms with Gasteiger partial charge in [-0.25, -0.2) is 4.98 Å². The third-order valence-corrected chi connectivity index (χ3v) is 3.09. The number of halogens is 3. The lowest BCUT2D eigenvalue weighted by Gasteiger charge is -2.12. The van der Waals surface area contributed by atoms with Crippen molar-refractivity contribution in [2.45, 2.75) is 33.0 Å². The Bertz CT molecular complexity index is 660. The highest BCUT2D eigenvalue weighted by molar-refractivity contribution is 5.68. The molecule has 1 heterocycles. The lowest BCUT2D eigenvalue weighted by atomic mass is 10.1. The van der Waals surface area contributed by atoms with Crippen molar-refractivity contribution in [3.05, 3.63) is 47.4 Å². The molecule has 0 atom stereocenters. The van der Waals surface area contributed by atoms with Gasteiger partial charge in [0.1, 0.15) is 5.82 Å². The number of rotatable bonds is 4. The number of carbonyl (C=O) groups excluding carboxylic acids is 1. The maximum atomic E-state index is 12.6. The normalized spacial score (nSPS) is 11.5. The van der Waals surface area contributed by atoms with Gasteiger partial charge < -0.3 is 4.74 Å². The van der Waals surface area contributed by atoms with Gasteiger partial charge >= 0.3 is 12.1 Å². The maximum Gasteiger partial charge on any atom is 0.416 e. The smallest absolute Gasteiger partial charge is 0.408 e. The molecule has 2 aromatic rings.